The first-order valence-corrected chi connectivity index (χ1v) is 4.77. The molecule has 0 fully saturated rings. The van der Waals surface area contributed by atoms with Crippen LogP contribution >= 0.6 is 11.6 Å². The Bertz CT molecular complexity index is 445. The maximum Gasteiger partial charge on any atom is 0.291 e. The Labute approximate surface area is 90.2 Å². The molecular formula is C10H8ClF2NO. The van der Waals surface area contributed by atoms with E-state index in [1.165, 1.54) is 12.1 Å². The zero-order chi connectivity index (χ0) is 11.2. The summed E-state index contributed by atoms with van der Waals surface area (Å²) in [6, 6.07) is 2.75. The number of fused-ring (bicyclic) bond motifs is 1. The summed E-state index contributed by atoms with van der Waals surface area (Å²) in [6.07, 6.45) is 0. The third-order valence-corrected chi connectivity index (χ3v) is 2.91. The Balaban J connectivity index is 2.73. The highest BCUT2D eigenvalue weighted by molar-refractivity contribution is 6.34. The van der Waals surface area contributed by atoms with Crippen LogP contribution in [0.2, 0.25) is 5.02 Å². The molecule has 0 radical (unpaired) electrons. The Morgan fingerprint density at radius 2 is 2.13 bits per heavy atom. The summed E-state index contributed by atoms with van der Waals surface area (Å²) in [5, 5.41) is 2.22. The summed E-state index contributed by atoms with van der Waals surface area (Å²) in [7, 11) is 0. The normalized spacial score (nSPS) is 18.3. The van der Waals surface area contributed by atoms with E-state index < -0.39 is 18.4 Å². The number of halogens is 3. The minimum absolute atomic E-state index is 0.101. The molecule has 0 unspecified atom stereocenters. The van der Waals surface area contributed by atoms with Gasteiger partial charge in [0, 0.05) is 5.56 Å². The van der Waals surface area contributed by atoms with Gasteiger partial charge in [0.1, 0.15) is 0 Å². The van der Waals surface area contributed by atoms with Crippen molar-refractivity contribution >= 4 is 17.5 Å². The van der Waals surface area contributed by atoms with E-state index in [9.17, 15) is 13.6 Å². The van der Waals surface area contributed by atoms with Gasteiger partial charge in [-0.3, -0.25) is 4.79 Å². The maximum atomic E-state index is 13.4. The number of hydrogen-bond acceptors (Lipinski definition) is 1. The molecule has 1 aliphatic rings. The fourth-order valence-corrected chi connectivity index (χ4v) is 1.83. The van der Waals surface area contributed by atoms with Crippen molar-refractivity contribution in [2.24, 2.45) is 0 Å². The molecule has 1 N–H and O–H groups in total. The average molecular weight is 232 g/mol. The Kier molecular flexibility index (Phi) is 2.19. The van der Waals surface area contributed by atoms with Gasteiger partial charge in [0.15, 0.2) is 0 Å². The first-order valence-electron chi connectivity index (χ1n) is 4.39. The van der Waals surface area contributed by atoms with Gasteiger partial charge >= 0.3 is 0 Å². The van der Waals surface area contributed by atoms with Crippen LogP contribution in [0.5, 0.6) is 0 Å². The minimum Gasteiger partial charge on any atom is -0.346 e. The van der Waals surface area contributed by atoms with Crippen LogP contribution in [0.4, 0.5) is 8.78 Å². The number of carbonyl (C=O) groups excluding carboxylic acids is 1. The fourth-order valence-electron chi connectivity index (χ4n) is 1.58. The van der Waals surface area contributed by atoms with Crippen LogP contribution in [-0.4, -0.2) is 12.5 Å². The van der Waals surface area contributed by atoms with E-state index >= 15 is 0 Å². The molecule has 80 valence electrons. The molecule has 1 aliphatic heterocycles. The number of hydrogen-bond donors (Lipinski definition) is 1. The molecule has 15 heavy (non-hydrogen) atoms. The second kappa shape index (κ2) is 3.17. The highest BCUT2D eigenvalue weighted by atomic mass is 35.5. The van der Waals surface area contributed by atoms with Crippen molar-refractivity contribution in [1.82, 2.24) is 5.32 Å². The van der Waals surface area contributed by atoms with Gasteiger partial charge in [0.25, 0.3) is 11.8 Å². The quantitative estimate of drug-likeness (QED) is 0.730. The van der Waals surface area contributed by atoms with Gasteiger partial charge in [-0.15, -0.1) is 0 Å². The first kappa shape index (κ1) is 10.4. The number of rotatable bonds is 0. The molecule has 1 amide bonds. The number of carbonyl (C=O) groups is 1. The van der Waals surface area contributed by atoms with Crippen molar-refractivity contribution in [3.63, 3.8) is 0 Å². The molecule has 0 saturated carbocycles. The monoisotopic (exact) mass is 231 g/mol. The standard InChI is InChI=1S/C10H8ClF2NO/c1-5-2-3-6-7(8(5)11)9(15)14-4-10(6,12)13/h2-3H,4H2,1H3,(H,14,15). The molecule has 0 spiro atoms. The van der Waals surface area contributed by atoms with Crippen LogP contribution in [0.1, 0.15) is 21.5 Å². The van der Waals surface area contributed by atoms with Gasteiger partial charge in [0.2, 0.25) is 0 Å². The number of aryl methyl sites for hydroxylation is 1. The van der Waals surface area contributed by atoms with E-state index in [-0.39, 0.29) is 16.1 Å². The van der Waals surface area contributed by atoms with Crippen molar-refractivity contribution < 1.29 is 13.6 Å². The van der Waals surface area contributed by atoms with E-state index in [0.29, 0.717) is 5.56 Å². The van der Waals surface area contributed by atoms with E-state index in [2.05, 4.69) is 5.32 Å². The second-order valence-corrected chi connectivity index (χ2v) is 3.88. The lowest BCUT2D eigenvalue weighted by atomic mass is 9.95. The van der Waals surface area contributed by atoms with Gasteiger partial charge in [-0.25, -0.2) is 0 Å². The summed E-state index contributed by atoms with van der Waals surface area (Å²) in [5.74, 6) is -3.58. The van der Waals surface area contributed by atoms with Crippen LogP contribution in [0.25, 0.3) is 0 Å². The van der Waals surface area contributed by atoms with E-state index in [0.717, 1.165) is 0 Å². The SMILES string of the molecule is Cc1ccc2c(c1Cl)C(=O)NCC2(F)F. The van der Waals surface area contributed by atoms with E-state index in [4.69, 9.17) is 11.6 Å². The van der Waals surface area contributed by atoms with Gasteiger partial charge in [0.05, 0.1) is 17.1 Å². The summed E-state index contributed by atoms with van der Waals surface area (Å²) in [5.41, 5.74) is 0.220. The molecule has 0 aliphatic carbocycles. The predicted molar refractivity (Wildman–Crippen MR) is 52.4 cm³/mol. The molecule has 0 aromatic heterocycles. The van der Waals surface area contributed by atoms with Crippen LogP contribution in [0.15, 0.2) is 12.1 Å². The maximum absolute atomic E-state index is 13.4. The molecule has 0 saturated heterocycles. The molecule has 5 heteroatoms. The van der Waals surface area contributed by atoms with Crippen molar-refractivity contribution in [2.45, 2.75) is 12.8 Å². The van der Waals surface area contributed by atoms with Crippen molar-refractivity contribution in [1.29, 1.82) is 0 Å². The highest BCUT2D eigenvalue weighted by Crippen LogP contribution is 2.37. The molecule has 1 heterocycles. The average Bonchev–Trinajstić information content (AvgIpc) is 2.17. The lowest BCUT2D eigenvalue weighted by Crippen LogP contribution is -2.42. The summed E-state index contributed by atoms with van der Waals surface area (Å²) < 4.78 is 26.8. The third kappa shape index (κ3) is 1.49. The van der Waals surface area contributed by atoms with Crippen molar-refractivity contribution in [3.8, 4) is 0 Å². The van der Waals surface area contributed by atoms with Crippen LogP contribution in [0, 0.1) is 6.92 Å². The summed E-state index contributed by atoms with van der Waals surface area (Å²) in [6.45, 7) is 1.00. The minimum atomic E-state index is -3.04. The smallest absolute Gasteiger partial charge is 0.291 e. The number of benzene rings is 1. The number of nitrogens with one attached hydrogen (secondary N) is 1. The zero-order valence-corrected chi connectivity index (χ0v) is 8.66. The number of amides is 1. The van der Waals surface area contributed by atoms with Crippen molar-refractivity contribution in [2.75, 3.05) is 6.54 Å². The zero-order valence-electron chi connectivity index (χ0n) is 7.90. The van der Waals surface area contributed by atoms with Crippen LogP contribution in [0.3, 0.4) is 0 Å². The fraction of sp³-hybridized carbons (Fsp3) is 0.300. The molecule has 0 bridgehead atoms. The van der Waals surface area contributed by atoms with Gasteiger partial charge < -0.3 is 5.32 Å². The topological polar surface area (TPSA) is 29.1 Å². The van der Waals surface area contributed by atoms with Gasteiger partial charge in [-0.1, -0.05) is 23.7 Å². The predicted octanol–water partition coefficient (Wildman–Crippen LogP) is 2.48. The molecule has 1 aromatic rings. The number of alkyl halides is 2. The molecule has 2 rings (SSSR count). The Hall–Kier alpha value is -1.16. The molecule has 1 aromatic carbocycles. The Morgan fingerprint density at radius 3 is 2.80 bits per heavy atom. The van der Waals surface area contributed by atoms with E-state index in [1.807, 2.05) is 0 Å². The molecule has 2 nitrogen and oxygen atoms in total. The summed E-state index contributed by atoms with van der Waals surface area (Å²) in [4.78, 5) is 11.4. The Morgan fingerprint density at radius 1 is 1.47 bits per heavy atom. The summed E-state index contributed by atoms with van der Waals surface area (Å²) >= 11 is 5.84. The van der Waals surface area contributed by atoms with Gasteiger partial charge in [-0.05, 0) is 12.5 Å². The van der Waals surface area contributed by atoms with Crippen LogP contribution in [-0.2, 0) is 5.92 Å². The molecule has 0 atom stereocenters. The van der Waals surface area contributed by atoms with Crippen molar-refractivity contribution in [3.05, 3.63) is 33.8 Å². The lowest BCUT2D eigenvalue weighted by Gasteiger charge is -2.26. The van der Waals surface area contributed by atoms with Gasteiger partial charge in [-0.2, -0.15) is 8.78 Å². The lowest BCUT2D eigenvalue weighted by molar-refractivity contribution is -0.00837. The molecular weight excluding hydrogens is 224 g/mol. The van der Waals surface area contributed by atoms with E-state index in [1.54, 1.807) is 6.92 Å². The highest BCUT2D eigenvalue weighted by Gasteiger charge is 2.41. The van der Waals surface area contributed by atoms with Crippen LogP contribution < -0.4 is 5.32 Å². The largest absolute Gasteiger partial charge is 0.346 e. The first-order chi connectivity index (χ1) is 6.93. The third-order valence-electron chi connectivity index (χ3n) is 2.43. The second-order valence-electron chi connectivity index (χ2n) is 3.51.